The lowest BCUT2D eigenvalue weighted by atomic mass is 9.88. The lowest BCUT2D eigenvalue weighted by Gasteiger charge is -2.24. The Morgan fingerprint density at radius 3 is 2.29 bits per heavy atom. The van der Waals surface area contributed by atoms with Crippen LogP contribution in [-0.4, -0.2) is 12.0 Å². The summed E-state index contributed by atoms with van der Waals surface area (Å²) in [6.45, 7) is 8.21. The second-order valence-electron chi connectivity index (χ2n) is 8.04. The van der Waals surface area contributed by atoms with E-state index in [2.05, 4.69) is 36.5 Å². The first kappa shape index (κ1) is 20.4. The van der Waals surface area contributed by atoms with Crippen LogP contribution in [0, 0.1) is 13.8 Å². The third kappa shape index (κ3) is 4.95. The van der Waals surface area contributed by atoms with Crippen LogP contribution >= 0.6 is 0 Å². The molecule has 0 spiro atoms. The molecule has 0 heterocycles. The number of benzene rings is 2. The summed E-state index contributed by atoms with van der Waals surface area (Å²) in [6, 6.07) is 12.8. The molecule has 2 atom stereocenters. The second-order valence-corrected chi connectivity index (χ2v) is 8.04. The van der Waals surface area contributed by atoms with Crippen LogP contribution in [0.4, 0.5) is 0 Å². The zero-order valence-corrected chi connectivity index (χ0v) is 17.7. The number of ether oxygens (including phenoxy) is 1. The van der Waals surface area contributed by atoms with Crippen molar-refractivity contribution in [1.29, 1.82) is 0 Å². The van der Waals surface area contributed by atoms with Crippen molar-refractivity contribution in [3.63, 3.8) is 0 Å². The Morgan fingerprint density at radius 1 is 0.964 bits per heavy atom. The predicted molar refractivity (Wildman–Crippen MR) is 115 cm³/mol. The zero-order chi connectivity index (χ0) is 20.1. The minimum Gasteiger partial charge on any atom is -0.481 e. The van der Waals surface area contributed by atoms with Crippen molar-refractivity contribution in [3.8, 4) is 5.75 Å². The monoisotopic (exact) mass is 379 g/mol. The van der Waals surface area contributed by atoms with Gasteiger partial charge in [0.15, 0.2) is 6.10 Å². The Hall–Kier alpha value is -2.29. The van der Waals surface area contributed by atoms with E-state index in [0.717, 1.165) is 29.7 Å². The minimum absolute atomic E-state index is 0.0247. The van der Waals surface area contributed by atoms with E-state index < -0.39 is 6.10 Å². The molecule has 1 amide bonds. The lowest BCUT2D eigenvalue weighted by molar-refractivity contribution is -0.128. The van der Waals surface area contributed by atoms with E-state index in [1.165, 1.54) is 36.0 Å². The number of aryl methyl sites for hydroxylation is 4. The van der Waals surface area contributed by atoms with Crippen molar-refractivity contribution < 1.29 is 9.53 Å². The maximum atomic E-state index is 12.9. The SMILES string of the molecule is CC[C@@H](Oc1cc(C)cc(C)c1)C(=O)N[C@H](CC)c1ccc2c(c1)CCCC2. The number of carbonyl (C=O) groups is 1. The van der Waals surface area contributed by atoms with Gasteiger partial charge in [0.05, 0.1) is 6.04 Å². The first-order valence-electron chi connectivity index (χ1n) is 10.7. The topological polar surface area (TPSA) is 38.3 Å². The molecule has 3 heteroatoms. The number of amides is 1. The summed E-state index contributed by atoms with van der Waals surface area (Å²) in [5.41, 5.74) is 6.42. The maximum absolute atomic E-state index is 12.9. The van der Waals surface area contributed by atoms with E-state index in [9.17, 15) is 4.79 Å². The van der Waals surface area contributed by atoms with Gasteiger partial charge in [-0.2, -0.15) is 0 Å². The van der Waals surface area contributed by atoms with Gasteiger partial charge in [0, 0.05) is 0 Å². The smallest absolute Gasteiger partial charge is 0.261 e. The molecule has 0 saturated carbocycles. The molecule has 1 aliphatic carbocycles. The van der Waals surface area contributed by atoms with Gasteiger partial charge in [0.25, 0.3) is 5.91 Å². The highest BCUT2D eigenvalue weighted by Crippen LogP contribution is 2.26. The molecule has 1 aliphatic rings. The summed E-state index contributed by atoms with van der Waals surface area (Å²) in [5.74, 6) is 0.729. The van der Waals surface area contributed by atoms with Crippen molar-refractivity contribution in [3.05, 3.63) is 64.2 Å². The Kier molecular flexibility index (Phi) is 6.77. The normalized spacial score (nSPS) is 15.4. The molecule has 3 nitrogen and oxygen atoms in total. The van der Waals surface area contributed by atoms with Gasteiger partial charge in [0.2, 0.25) is 0 Å². The highest BCUT2D eigenvalue weighted by Gasteiger charge is 2.23. The average molecular weight is 380 g/mol. The van der Waals surface area contributed by atoms with Gasteiger partial charge in [-0.1, -0.05) is 38.1 Å². The van der Waals surface area contributed by atoms with Crippen LogP contribution in [0.15, 0.2) is 36.4 Å². The molecular formula is C25H33NO2. The van der Waals surface area contributed by atoms with Gasteiger partial charge < -0.3 is 10.1 Å². The summed E-state index contributed by atoms with van der Waals surface area (Å²) < 4.78 is 6.05. The van der Waals surface area contributed by atoms with Crippen LogP contribution in [-0.2, 0) is 17.6 Å². The van der Waals surface area contributed by atoms with Crippen molar-refractivity contribution in [1.82, 2.24) is 5.32 Å². The second kappa shape index (κ2) is 9.27. The Bertz CT molecular complexity index is 807. The molecule has 0 bridgehead atoms. The Morgan fingerprint density at radius 2 is 1.64 bits per heavy atom. The van der Waals surface area contributed by atoms with Crippen LogP contribution in [0.1, 0.15) is 73.4 Å². The lowest BCUT2D eigenvalue weighted by Crippen LogP contribution is -2.40. The molecule has 0 aliphatic heterocycles. The predicted octanol–water partition coefficient (Wildman–Crippen LogP) is 5.61. The first-order valence-corrected chi connectivity index (χ1v) is 10.7. The highest BCUT2D eigenvalue weighted by atomic mass is 16.5. The van der Waals surface area contributed by atoms with E-state index in [1.54, 1.807) is 0 Å². The summed E-state index contributed by atoms with van der Waals surface area (Å²) >= 11 is 0. The van der Waals surface area contributed by atoms with Gasteiger partial charge in [-0.25, -0.2) is 0 Å². The molecule has 2 aromatic rings. The molecule has 150 valence electrons. The van der Waals surface area contributed by atoms with E-state index >= 15 is 0 Å². The fourth-order valence-corrected chi connectivity index (χ4v) is 4.14. The molecule has 0 radical (unpaired) electrons. The summed E-state index contributed by atoms with van der Waals surface area (Å²) in [4.78, 5) is 12.9. The Balaban J connectivity index is 1.71. The summed E-state index contributed by atoms with van der Waals surface area (Å²) in [7, 11) is 0. The van der Waals surface area contributed by atoms with Gasteiger partial charge in [-0.15, -0.1) is 0 Å². The molecular weight excluding hydrogens is 346 g/mol. The number of hydrogen-bond acceptors (Lipinski definition) is 2. The van der Waals surface area contributed by atoms with E-state index in [-0.39, 0.29) is 11.9 Å². The molecule has 0 aromatic heterocycles. The fraction of sp³-hybridized carbons (Fsp3) is 0.480. The van der Waals surface area contributed by atoms with Gasteiger partial charge in [-0.3, -0.25) is 4.79 Å². The number of fused-ring (bicyclic) bond motifs is 1. The number of nitrogens with one attached hydrogen (secondary N) is 1. The van der Waals surface area contributed by atoms with Crippen molar-refractivity contribution >= 4 is 5.91 Å². The Labute approximate surface area is 169 Å². The third-order valence-electron chi connectivity index (χ3n) is 5.64. The molecule has 1 N–H and O–H groups in total. The zero-order valence-electron chi connectivity index (χ0n) is 17.7. The molecule has 3 rings (SSSR count). The van der Waals surface area contributed by atoms with Gasteiger partial charge in [-0.05, 0) is 92.3 Å². The molecule has 0 saturated heterocycles. The van der Waals surface area contributed by atoms with E-state index in [4.69, 9.17) is 4.74 Å². The van der Waals surface area contributed by atoms with Crippen LogP contribution in [0.25, 0.3) is 0 Å². The highest BCUT2D eigenvalue weighted by molar-refractivity contribution is 5.81. The van der Waals surface area contributed by atoms with Crippen molar-refractivity contribution in [2.24, 2.45) is 0 Å². The van der Waals surface area contributed by atoms with E-state index in [1.807, 2.05) is 32.9 Å². The van der Waals surface area contributed by atoms with Gasteiger partial charge >= 0.3 is 0 Å². The van der Waals surface area contributed by atoms with Crippen LogP contribution in [0.5, 0.6) is 5.75 Å². The quantitative estimate of drug-likeness (QED) is 0.679. The molecule has 0 fully saturated rings. The standard InChI is InChI=1S/C25H33NO2/c1-5-23(21-12-11-19-9-7-8-10-20(19)16-21)26-25(27)24(6-2)28-22-14-17(3)13-18(4)15-22/h11-16,23-24H,5-10H2,1-4H3,(H,26,27)/t23-,24-/m1/s1. The number of carbonyl (C=O) groups excluding carboxylic acids is 1. The van der Waals surface area contributed by atoms with Crippen LogP contribution < -0.4 is 10.1 Å². The maximum Gasteiger partial charge on any atom is 0.261 e. The third-order valence-corrected chi connectivity index (χ3v) is 5.64. The molecule has 2 aromatic carbocycles. The largest absolute Gasteiger partial charge is 0.481 e. The van der Waals surface area contributed by atoms with Gasteiger partial charge in [0.1, 0.15) is 5.75 Å². The number of hydrogen-bond donors (Lipinski definition) is 1. The average Bonchev–Trinajstić information content (AvgIpc) is 2.69. The first-order chi connectivity index (χ1) is 13.5. The van der Waals surface area contributed by atoms with Crippen molar-refractivity contribution in [2.45, 2.75) is 78.4 Å². The number of rotatable bonds is 7. The summed E-state index contributed by atoms with van der Waals surface area (Å²) in [5, 5.41) is 3.23. The summed E-state index contributed by atoms with van der Waals surface area (Å²) in [6.07, 6.45) is 5.91. The fourth-order valence-electron chi connectivity index (χ4n) is 4.14. The van der Waals surface area contributed by atoms with E-state index in [0.29, 0.717) is 6.42 Å². The van der Waals surface area contributed by atoms with Crippen LogP contribution in [0.3, 0.4) is 0 Å². The van der Waals surface area contributed by atoms with Crippen LogP contribution in [0.2, 0.25) is 0 Å². The molecule has 0 unspecified atom stereocenters. The van der Waals surface area contributed by atoms with Crippen molar-refractivity contribution in [2.75, 3.05) is 0 Å². The molecule has 28 heavy (non-hydrogen) atoms. The minimum atomic E-state index is -0.479.